The van der Waals surface area contributed by atoms with Gasteiger partial charge in [-0.2, -0.15) is 13.2 Å². The Morgan fingerprint density at radius 1 is 1.35 bits per heavy atom. The Morgan fingerprint density at radius 3 is 2.73 bits per heavy atom. The molecule has 0 fully saturated rings. The molecule has 3 nitrogen and oxygen atoms in total. The third-order valence-corrected chi connectivity index (χ3v) is 5.25. The number of hydrogen-bond donors (Lipinski definition) is 1. The molecule has 0 spiro atoms. The highest BCUT2D eigenvalue weighted by Gasteiger charge is 2.33. The Morgan fingerprint density at radius 2 is 2.08 bits per heavy atom. The molecule has 0 aliphatic rings. The summed E-state index contributed by atoms with van der Waals surface area (Å²) < 4.78 is 38.5. The number of carbonyl (C=O) groups excluding carboxylic acids is 1. The SMILES string of the molecule is CCCC(CC(Cl)CC(F)(F)F)C(=O)Nc1ccc(I)c2cccnc12. The lowest BCUT2D eigenvalue weighted by atomic mass is 9.95. The molecule has 2 aromatic rings. The fourth-order valence-corrected chi connectivity index (χ4v) is 3.83. The number of amides is 1. The van der Waals surface area contributed by atoms with Crippen LogP contribution in [0.5, 0.6) is 0 Å². The monoisotopic (exact) mass is 498 g/mol. The van der Waals surface area contributed by atoms with Gasteiger partial charge in [0.25, 0.3) is 0 Å². The van der Waals surface area contributed by atoms with Gasteiger partial charge in [0, 0.05) is 26.4 Å². The predicted octanol–water partition coefficient (Wildman–Crippen LogP) is 6.14. The van der Waals surface area contributed by atoms with Gasteiger partial charge >= 0.3 is 6.18 Å². The molecule has 2 unspecified atom stereocenters. The van der Waals surface area contributed by atoms with Gasteiger partial charge in [-0.25, -0.2) is 0 Å². The largest absolute Gasteiger partial charge is 0.390 e. The molecule has 1 heterocycles. The smallest absolute Gasteiger partial charge is 0.324 e. The molecule has 2 atom stereocenters. The van der Waals surface area contributed by atoms with Crippen LogP contribution in [-0.4, -0.2) is 22.4 Å². The van der Waals surface area contributed by atoms with Crippen LogP contribution in [0.2, 0.25) is 0 Å². The predicted molar refractivity (Wildman–Crippen MR) is 106 cm³/mol. The van der Waals surface area contributed by atoms with Gasteiger partial charge in [0.2, 0.25) is 5.91 Å². The van der Waals surface area contributed by atoms with Crippen LogP contribution in [0.25, 0.3) is 10.9 Å². The number of halogens is 5. The Bertz CT molecular complexity index is 770. The Hall–Kier alpha value is -1.09. The minimum Gasteiger partial charge on any atom is -0.324 e. The Balaban J connectivity index is 2.16. The summed E-state index contributed by atoms with van der Waals surface area (Å²) in [6, 6.07) is 7.33. The van der Waals surface area contributed by atoms with Crippen molar-refractivity contribution in [2.45, 2.75) is 44.2 Å². The number of fused-ring (bicyclic) bond motifs is 1. The summed E-state index contributed by atoms with van der Waals surface area (Å²) in [4.78, 5) is 17.0. The highest BCUT2D eigenvalue weighted by Crippen LogP contribution is 2.30. The molecule has 0 aliphatic heterocycles. The molecule has 1 N–H and O–H groups in total. The van der Waals surface area contributed by atoms with Crippen LogP contribution in [0.15, 0.2) is 30.5 Å². The maximum Gasteiger partial charge on any atom is 0.390 e. The number of rotatable bonds is 7. The second kappa shape index (κ2) is 9.21. The zero-order valence-corrected chi connectivity index (χ0v) is 17.0. The Kier molecular flexibility index (Phi) is 7.52. The first-order valence-electron chi connectivity index (χ1n) is 8.26. The lowest BCUT2D eigenvalue weighted by Crippen LogP contribution is -2.27. The standard InChI is InChI=1S/C18H19ClF3IN2O/c1-2-4-11(9-12(19)10-18(20,21)22)17(26)25-15-7-6-14(23)13-5-3-8-24-16(13)15/h3,5-8,11-12H,2,4,9-10H2,1H3,(H,25,26). The van der Waals surface area contributed by atoms with Crippen LogP contribution >= 0.6 is 34.2 Å². The fourth-order valence-electron chi connectivity index (χ4n) is 2.82. The molecule has 1 amide bonds. The average molecular weight is 499 g/mol. The van der Waals surface area contributed by atoms with E-state index in [4.69, 9.17) is 11.6 Å². The summed E-state index contributed by atoms with van der Waals surface area (Å²) >= 11 is 8.03. The van der Waals surface area contributed by atoms with Crippen molar-refractivity contribution in [3.05, 3.63) is 34.0 Å². The fraction of sp³-hybridized carbons (Fsp3) is 0.444. The van der Waals surface area contributed by atoms with Gasteiger partial charge < -0.3 is 5.32 Å². The van der Waals surface area contributed by atoms with Crippen molar-refractivity contribution in [3.8, 4) is 0 Å². The van der Waals surface area contributed by atoms with Crippen LogP contribution in [0.4, 0.5) is 18.9 Å². The summed E-state index contributed by atoms with van der Waals surface area (Å²) in [5.41, 5.74) is 1.20. The van der Waals surface area contributed by atoms with Crippen molar-refractivity contribution >= 4 is 56.7 Å². The van der Waals surface area contributed by atoms with Gasteiger partial charge in [-0.1, -0.05) is 19.4 Å². The maximum absolute atomic E-state index is 12.7. The van der Waals surface area contributed by atoms with E-state index in [2.05, 4.69) is 32.9 Å². The minimum absolute atomic E-state index is 0.0174. The molecule has 1 aromatic heterocycles. The zero-order chi connectivity index (χ0) is 19.3. The quantitative estimate of drug-likeness (QED) is 0.368. The number of nitrogens with zero attached hydrogens (tertiary/aromatic N) is 1. The summed E-state index contributed by atoms with van der Waals surface area (Å²) in [7, 11) is 0. The average Bonchev–Trinajstić information content (AvgIpc) is 2.55. The molecule has 0 saturated heterocycles. The van der Waals surface area contributed by atoms with Gasteiger partial charge in [-0.15, -0.1) is 11.6 Å². The van der Waals surface area contributed by atoms with Gasteiger partial charge in [0.15, 0.2) is 0 Å². The van der Waals surface area contributed by atoms with Crippen molar-refractivity contribution < 1.29 is 18.0 Å². The Labute approximate surface area is 168 Å². The second-order valence-corrected chi connectivity index (χ2v) is 7.90. The number of anilines is 1. The minimum atomic E-state index is -4.34. The molecular formula is C18H19ClF3IN2O. The number of hydrogen-bond acceptors (Lipinski definition) is 2. The van der Waals surface area contributed by atoms with Gasteiger partial charge in [0.1, 0.15) is 0 Å². The molecule has 1 aromatic carbocycles. The number of pyridine rings is 1. The van der Waals surface area contributed by atoms with Crippen LogP contribution < -0.4 is 5.32 Å². The van der Waals surface area contributed by atoms with E-state index in [1.54, 1.807) is 12.3 Å². The van der Waals surface area contributed by atoms with Crippen molar-refractivity contribution in [2.24, 2.45) is 5.92 Å². The van der Waals surface area contributed by atoms with Crippen molar-refractivity contribution in [3.63, 3.8) is 0 Å². The van der Waals surface area contributed by atoms with E-state index >= 15 is 0 Å². The van der Waals surface area contributed by atoms with E-state index in [-0.39, 0.29) is 12.3 Å². The molecule has 26 heavy (non-hydrogen) atoms. The van der Waals surface area contributed by atoms with Gasteiger partial charge in [0.05, 0.1) is 17.6 Å². The van der Waals surface area contributed by atoms with Crippen molar-refractivity contribution in [2.75, 3.05) is 5.32 Å². The second-order valence-electron chi connectivity index (χ2n) is 6.12. The topological polar surface area (TPSA) is 42.0 Å². The molecule has 0 aliphatic carbocycles. The van der Waals surface area contributed by atoms with Crippen LogP contribution in [0.3, 0.4) is 0 Å². The lowest BCUT2D eigenvalue weighted by molar-refractivity contribution is -0.136. The molecular weight excluding hydrogens is 480 g/mol. The highest BCUT2D eigenvalue weighted by atomic mass is 127. The van der Waals surface area contributed by atoms with E-state index in [0.29, 0.717) is 24.0 Å². The van der Waals surface area contributed by atoms with E-state index < -0.39 is 23.9 Å². The number of alkyl halides is 4. The summed E-state index contributed by atoms with van der Waals surface area (Å²) in [6.45, 7) is 1.88. The van der Waals surface area contributed by atoms with E-state index in [0.717, 1.165) is 8.96 Å². The van der Waals surface area contributed by atoms with Crippen molar-refractivity contribution in [1.82, 2.24) is 4.98 Å². The number of benzene rings is 1. The number of nitrogens with one attached hydrogen (secondary N) is 1. The van der Waals surface area contributed by atoms with Gasteiger partial charge in [-0.3, -0.25) is 9.78 Å². The van der Waals surface area contributed by atoms with Crippen LogP contribution in [0, 0.1) is 9.49 Å². The molecule has 8 heteroatoms. The van der Waals surface area contributed by atoms with E-state index in [9.17, 15) is 18.0 Å². The highest BCUT2D eigenvalue weighted by molar-refractivity contribution is 14.1. The zero-order valence-electron chi connectivity index (χ0n) is 14.1. The summed E-state index contributed by atoms with van der Waals surface area (Å²) in [5.74, 6) is -0.907. The van der Waals surface area contributed by atoms with Crippen LogP contribution in [0.1, 0.15) is 32.6 Å². The van der Waals surface area contributed by atoms with E-state index in [1.165, 1.54) is 0 Å². The number of carbonyl (C=O) groups is 1. The van der Waals surface area contributed by atoms with Gasteiger partial charge in [-0.05, 0) is 53.6 Å². The number of aromatic nitrogens is 1. The van der Waals surface area contributed by atoms with Crippen molar-refractivity contribution in [1.29, 1.82) is 0 Å². The first-order valence-corrected chi connectivity index (χ1v) is 9.77. The molecule has 0 bridgehead atoms. The maximum atomic E-state index is 12.7. The molecule has 2 rings (SSSR count). The first-order chi connectivity index (χ1) is 12.2. The third kappa shape index (κ3) is 5.97. The summed E-state index contributed by atoms with van der Waals surface area (Å²) in [5, 5.41) is 2.61. The normalized spacial score (nSPS) is 14.2. The molecule has 0 saturated carbocycles. The van der Waals surface area contributed by atoms with Crippen LogP contribution in [-0.2, 0) is 4.79 Å². The first kappa shape index (κ1) is 21.2. The molecule has 0 radical (unpaired) electrons. The molecule has 142 valence electrons. The van der Waals surface area contributed by atoms with E-state index in [1.807, 2.05) is 25.1 Å². The third-order valence-electron chi connectivity index (χ3n) is 3.98. The lowest BCUT2D eigenvalue weighted by Gasteiger charge is -2.20. The summed E-state index contributed by atoms with van der Waals surface area (Å²) in [6.07, 6.45) is -2.67.